The molecule has 136 valence electrons. The highest BCUT2D eigenvalue weighted by Crippen LogP contribution is 2.63. The first-order chi connectivity index (χ1) is 11.8. The van der Waals surface area contributed by atoms with Crippen LogP contribution in [0, 0.1) is 27.4 Å². The summed E-state index contributed by atoms with van der Waals surface area (Å²) in [7, 11) is 0. The van der Waals surface area contributed by atoms with Gasteiger partial charge >= 0.3 is 0 Å². The van der Waals surface area contributed by atoms with Gasteiger partial charge in [0.15, 0.2) is 11.5 Å². The van der Waals surface area contributed by atoms with E-state index >= 15 is 0 Å². The van der Waals surface area contributed by atoms with Gasteiger partial charge in [-0.05, 0) is 61.0 Å². The van der Waals surface area contributed by atoms with E-state index in [2.05, 4.69) is 6.92 Å². The maximum atomic E-state index is 11.1. The highest BCUT2D eigenvalue weighted by atomic mass is 17.0. The molecular weight excluding hydrogens is 326 g/mol. The van der Waals surface area contributed by atoms with Crippen molar-refractivity contribution in [1.29, 1.82) is 0 Å². The van der Waals surface area contributed by atoms with Crippen LogP contribution in [0.1, 0.15) is 56.1 Å². The maximum absolute atomic E-state index is 11.1. The number of rotatable bonds is 2. The number of benzene rings is 1. The van der Waals surface area contributed by atoms with Gasteiger partial charge in [-0.15, -0.1) is 10.1 Å². The SMILES string of the molecule is C[C@@]12CCC[C@H]1[C@@H]1CCc3cc(O)c(O)c(O)c3[C@H]1C(O[N+](=O)[O-])C2. The molecule has 0 amide bonds. The number of aryl methyl sites for hydroxylation is 1. The molecule has 25 heavy (non-hydrogen) atoms. The summed E-state index contributed by atoms with van der Waals surface area (Å²) in [4.78, 5) is 16.2. The van der Waals surface area contributed by atoms with Crippen molar-refractivity contribution in [2.45, 2.75) is 57.5 Å². The monoisotopic (exact) mass is 349 g/mol. The topological polar surface area (TPSA) is 113 Å². The van der Waals surface area contributed by atoms with Crippen LogP contribution in [0.3, 0.4) is 0 Å². The Morgan fingerprint density at radius 1 is 1.28 bits per heavy atom. The third-order valence-electron chi connectivity index (χ3n) is 6.89. The van der Waals surface area contributed by atoms with E-state index in [9.17, 15) is 25.4 Å². The lowest BCUT2D eigenvalue weighted by molar-refractivity contribution is -0.771. The molecule has 0 saturated heterocycles. The Balaban J connectivity index is 1.84. The zero-order valence-electron chi connectivity index (χ0n) is 14.1. The molecule has 7 nitrogen and oxygen atoms in total. The quantitative estimate of drug-likeness (QED) is 0.429. The molecule has 0 aromatic heterocycles. The molecule has 0 heterocycles. The summed E-state index contributed by atoms with van der Waals surface area (Å²) in [5.74, 6) is -0.997. The minimum Gasteiger partial charge on any atom is -0.504 e. The van der Waals surface area contributed by atoms with E-state index in [-0.39, 0.29) is 28.7 Å². The molecule has 5 atom stereocenters. The van der Waals surface area contributed by atoms with Crippen molar-refractivity contribution in [1.82, 2.24) is 0 Å². The highest BCUT2D eigenvalue weighted by Gasteiger charge is 2.56. The van der Waals surface area contributed by atoms with Gasteiger partial charge in [-0.2, -0.15) is 0 Å². The van der Waals surface area contributed by atoms with E-state index in [1.54, 1.807) is 0 Å². The fraction of sp³-hybridized carbons (Fsp3) is 0.667. The van der Waals surface area contributed by atoms with Crippen LogP contribution >= 0.6 is 0 Å². The van der Waals surface area contributed by atoms with E-state index in [1.807, 2.05) is 0 Å². The number of nitrogens with zero attached hydrogens (tertiary/aromatic N) is 1. The van der Waals surface area contributed by atoms with Crippen molar-refractivity contribution in [2.24, 2.45) is 17.3 Å². The molecule has 3 aliphatic rings. The molecule has 0 aliphatic heterocycles. The van der Waals surface area contributed by atoms with Crippen LogP contribution < -0.4 is 0 Å². The van der Waals surface area contributed by atoms with Crippen molar-refractivity contribution >= 4 is 0 Å². The standard InChI is InChI=1S/C18H23NO6/c1-18-6-2-3-11(18)10-5-4-9-7-12(20)16(21)17(22)14(9)15(10)13(8-18)25-19(23)24/h7,10-11,13,15,20-22H,2-6,8H2,1H3/t10-,11-,13?,15+,18-/m0/s1. The van der Waals surface area contributed by atoms with Crippen LogP contribution in [-0.4, -0.2) is 26.5 Å². The predicted octanol–water partition coefficient (Wildman–Crippen LogP) is 3.24. The van der Waals surface area contributed by atoms with Gasteiger partial charge in [0.25, 0.3) is 5.09 Å². The summed E-state index contributed by atoms with van der Waals surface area (Å²) in [6.45, 7) is 2.20. The lowest BCUT2D eigenvalue weighted by Gasteiger charge is -2.52. The van der Waals surface area contributed by atoms with Crippen LogP contribution in [-0.2, 0) is 11.3 Å². The smallest absolute Gasteiger partial charge is 0.294 e. The Hall–Kier alpha value is -2.18. The summed E-state index contributed by atoms with van der Waals surface area (Å²) in [5, 5.41) is 40.6. The van der Waals surface area contributed by atoms with Crippen LogP contribution in [0.5, 0.6) is 17.2 Å². The van der Waals surface area contributed by atoms with Crippen molar-refractivity contribution < 1.29 is 25.2 Å². The van der Waals surface area contributed by atoms with E-state index in [0.29, 0.717) is 24.3 Å². The number of fused-ring (bicyclic) bond motifs is 5. The Labute approximate surface area is 145 Å². The first kappa shape index (κ1) is 16.3. The van der Waals surface area contributed by atoms with Gasteiger partial charge in [0.1, 0.15) is 6.10 Å². The zero-order chi connectivity index (χ0) is 17.9. The molecule has 7 heteroatoms. The Morgan fingerprint density at radius 3 is 2.76 bits per heavy atom. The van der Waals surface area contributed by atoms with Gasteiger partial charge in [-0.3, -0.25) is 0 Å². The zero-order valence-corrected chi connectivity index (χ0v) is 14.1. The second-order valence-corrected chi connectivity index (χ2v) is 8.12. The summed E-state index contributed by atoms with van der Waals surface area (Å²) in [6, 6.07) is 1.46. The normalized spacial score (nSPS) is 36.2. The number of hydrogen-bond acceptors (Lipinski definition) is 6. The fourth-order valence-corrected chi connectivity index (χ4v) is 5.96. The molecule has 0 radical (unpaired) electrons. The van der Waals surface area contributed by atoms with Gasteiger partial charge < -0.3 is 20.2 Å². The van der Waals surface area contributed by atoms with Gasteiger partial charge in [0.05, 0.1) is 0 Å². The molecule has 2 saturated carbocycles. The van der Waals surface area contributed by atoms with Crippen LogP contribution in [0.25, 0.3) is 0 Å². The minimum absolute atomic E-state index is 0.0218. The van der Waals surface area contributed by atoms with Crippen molar-refractivity contribution in [3.05, 3.63) is 27.3 Å². The minimum atomic E-state index is -0.744. The fourth-order valence-electron chi connectivity index (χ4n) is 5.96. The van der Waals surface area contributed by atoms with Crippen molar-refractivity contribution in [3.8, 4) is 17.2 Å². The van der Waals surface area contributed by atoms with Crippen LogP contribution in [0.4, 0.5) is 0 Å². The molecule has 0 spiro atoms. The molecular formula is C18H23NO6. The Morgan fingerprint density at radius 2 is 2.04 bits per heavy atom. The van der Waals surface area contributed by atoms with Gasteiger partial charge in [-0.1, -0.05) is 13.3 Å². The summed E-state index contributed by atoms with van der Waals surface area (Å²) in [5.41, 5.74) is 1.29. The molecule has 1 unspecified atom stereocenters. The average molecular weight is 349 g/mol. The lowest BCUT2D eigenvalue weighted by atomic mass is 9.54. The number of aromatic hydroxyl groups is 3. The van der Waals surface area contributed by atoms with Gasteiger partial charge in [0, 0.05) is 11.5 Å². The molecule has 4 rings (SSSR count). The third kappa shape index (κ3) is 2.32. The summed E-state index contributed by atoms with van der Waals surface area (Å²) >= 11 is 0. The van der Waals surface area contributed by atoms with Gasteiger partial charge in [-0.25, -0.2) is 0 Å². The van der Waals surface area contributed by atoms with Crippen molar-refractivity contribution in [3.63, 3.8) is 0 Å². The number of phenols is 3. The second kappa shape index (κ2) is 5.41. The van der Waals surface area contributed by atoms with Gasteiger partial charge in [0.2, 0.25) is 5.75 Å². The lowest BCUT2D eigenvalue weighted by Crippen LogP contribution is -2.48. The largest absolute Gasteiger partial charge is 0.504 e. The predicted molar refractivity (Wildman–Crippen MR) is 87.9 cm³/mol. The Kier molecular flexibility index (Phi) is 3.53. The van der Waals surface area contributed by atoms with E-state index in [0.717, 1.165) is 31.2 Å². The number of phenolic OH excluding ortho intramolecular Hbond substituents is 3. The van der Waals surface area contributed by atoms with Crippen LogP contribution in [0.15, 0.2) is 6.07 Å². The second-order valence-electron chi connectivity index (χ2n) is 8.12. The molecule has 2 fully saturated rings. The Bertz CT molecular complexity index is 735. The summed E-state index contributed by atoms with van der Waals surface area (Å²) in [6.07, 6.45) is 4.68. The highest BCUT2D eigenvalue weighted by molar-refractivity contribution is 5.59. The van der Waals surface area contributed by atoms with E-state index in [1.165, 1.54) is 6.07 Å². The van der Waals surface area contributed by atoms with Crippen LogP contribution in [0.2, 0.25) is 0 Å². The first-order valence-corrected chi connectivity index (χ1v) is 8.89. The molecule has 1 aromatic rings. The average Bonchev–Trinajstić information content (AvgIpc) is 2.93. The third-order valence-corrected chi connectivity index (χ3v) is 6.89. The first-order valence-electron chi connectivity index (χ1n) is 8.89. The maximum Gasteiger partial charge on any atom is 0.294 e. The molecule has 3 aliphatic carbocycles. The summed E-state index contributed by atoms with van der Waals surface area (Å²) < 4.78 is 0. The van der Waals surface area contributed by atoms with Crippen molar-refractivity contribution in [2.75, 3.05) is 0 Å². The van der Waals surface area contributed by atoms with E-state index in [4.69, 9.17) is 4.84 Å². The molecule has 1 aromatic carbocycles. The van der Waals surface area contributed by atoms with E-state index < -0.39 is 16.9 Å². The molecule has 0 bridgehead atoms. The molecule has 3 N–H and O–H groups in total. The number of hydrogen-bond donors (Lipinski definition) is 3.